The Labute approximate surface area is 159 Å². The molecule has 3 aliphatic carbocycles. The minimum Gasteiger partial charge on any atom is -0.497 e. The highest BCUT2D eigenvalue weighted by atomic mass is 16.5. The average molecular weight is 355 g/mol. The van der Waals surface area contributed by atoms with Gasteiger partial charge in [0, 0.05) is 17.5 Å². The van der Waals surface area contributed by atoms with Gasteiger partial charge in [-0.3, -0.25) is 4.79 Å². The molecule has 3 aliphatic rings. The van der Waals surface area contributed by atoms with Crippen molar-refractivity contribution in [3.8, 4) is 5.75 Å². The van der Waals surface area contributed by atoms with Gasteiger partial charge in [-0.1, -0.05) is 48.5 Å². The first kappa shape index (κ1) is 16.1. The highest BCUT2D eigenvalue weighted by Gasteiger charge is 2.45. The Morgan fingerprint density at radius 1 is 0.852 bits per heavy atom. The number of hydrogen-bond acceptors (Lipinski definition) is 2. The van der Waals surface area contributed by atoms with E-state index in [1.165, 1.54) is 22.3 Å². The fourth-order valence-corrected chi connectivity index (χ4v) is 4.80. The van der Waals surface area contributed by atoms with E-state index < -0.39 is 0 Å². The van der Waals surface area contributed by atoms with E-state index in [0.717, 1.165) is 17.9 Å². The third-order valence-corrected chi connectivity index (χ3v) is 6.00. The number of anilines is 1. The zero-order valence-corrected chi connectivity index (χ0v) is 15.2. The minimum absolute atomic E-state index is 0.0538. The van der Waals surface area contributed by atoms with E-state index >= 15 is 0 Å². The number of ether oxygens (including phenoxy) is 1. The lowest BCUT2D eigenvalue weighted by Gasteiger charge is -2.44. The number of methoxy groups -OCH3 is 1. The molecule has 0 aromatic heterocycles. The molecule has 0 spiro atoms. The van der Waals surface area contributed by atoms with E-state index in [1.807, 2.05) is 24.3 Å². The van der Waals surface area contributed by atoms with Crippen molar-refractivity contribution in [2.75, 3.05) is 12.4 Å². The Morgan fingerprint density at radius 2 is 1.41 bits per heavy atom. The van der Waals surface area contributed by atoms with Crippen LogP contribution in [0, 0.1) is 5.92 Å². The van der Waals surface area contributed by atoms with Crippen LogP contribution in [0.15, 0.2) is 72.8 Å². The molecule has 1 amide bonds. The summed E-state index contributed by atoms with van der Waals surface area (Å²) < 4.78 is 5.20. The molecule has 0 radical (unpaired) electrons. The second-order valence-electron chi connectivity index (χ2n) is 7.35. The monoisotopic (exact) mass is 355 g/mol. The van der Waals surface area contributed by atoms with E-state index in [-0.39, 0.29) is 17.7 Å². The zero-order chi connectivity index (χ0) is 18.4. The second-order valence-corrected chi connectivity index (χ2v) is 7.35. The minimum atomic E-state index is -0.0538. The summed E-state index contributed by atoms with van der Waals surface area (Å²) in [5, 5.41) is 3.11. The van der Waals surface area contributed by atoms with Crippen molar-refractivity contribution in [3.05, 3.63) is 95.1 Å². The van der Waals surface area contributed by atoms with Crippen molar-refractivity contribution < 1.29 is 9.53 Å². The molecule has 3 aromatic rings. The van der Waals surface area contributed by atoms with E-state index in [9.17, 15) is 4.79 Å². The van der Waals surface area contributed by atoms with Gasteiger partial charge in [0.05, 0.1) is 13.0 Å². The van der Waals surface area contributed by atoms with Crippen LogP contribution >= 0.6 is 0 Å². The van der Waals surface area contributed by atoms with E-state index in [0.29, 0.717) is 5.92 Å². The summed E-state index contributed by atoms with van der Waals surface area (Å²) in [6.45, 7) is 0. The highest BCUT2D eigenvalue weighted by molar-refractivity contribution is 5.94. The van der Waals surface area contributed by atoms with Gasteiger partial charge in [-0.2, -0.15) is 0 Å². The van der Waals surface area contributed by atoms with Gasteiger partial charge in [0.2, 0.25) is 5.91 Å². The van der Waals surface area contributed by atoms with E-state index in [1.54, 1.807) is 7.11 Å². The largest absolute Gasteiger partial charge is 0.497 e. The Kier molecular flexibility index (Phi) is 3.75. The zero-order valence-electron chi connectivity index (χ0n) is 15.2. The Morgan fingerprint density at radius 3 is 1.96 bits per heavy atom. The lowest BCUT2D eigenvalue weighted by molar-refractivity contribution is -0.121. The molecule has 134 valence electrons. The van der Waals surface area contributed by atoms with Crippen molar-refractivity contribution in [3.63, 3.8) is 0 Å². The highest BCUT2D eigenvalue weighted by Crippen LogP contribution is 2.55. The number of rotatable bonds is 3. The lowest BCUT2D eigenvalue weighted by Crippen LogP contribution is -2.38. The molecule has 0 heterocycles. The quantitative estimate of drug-likeness (QED) is 0.723. The van der Waals surface area contributed by atoms with Crippen molar-refractivity contribution >= 4 is 11.6 Å². The number of carbonyl (C=O) groups excluding carboxylic acids is 1. The Hall–Kier alpha value is -3.07. The maximum Gasteiger partial charge on any atom is 0.228 e. The molecule has 0 aliphatic heterocycles. The van der Waals surface area contributed by atoms with Crippen LogP contribution in [-0.2, 0) is 4.79 Å². The maximum absolute atomic E-state index is 13.2. The van der Waals surface area contributed by atoms with Crippen molar-refractivity contribution in [2.24, 2.45) is 5.92 Å². The third-order valence-electron chi connectivity index (χ3n) is 6.00. The molecule has 6 rings (SSSR count). The molecular formula is C24H21NO2. The van der Waals surface area contributed by atoms with Crippen LogP contribution in [-0.4, -0.2) is 13.0 Å². The predicted molar refractivity (Wildman–Crippen MR) is 106 cm³/mol. The van der Waals surface area contributed by atoms with Crippen molar-refractivity contribution in [2.45, 2.75) is 18.3 Å². The molecule has 1 N–H and O–H groups in total. The molecule has 0 unspecified atom stereocenters. The maximum atomic E-state index is 13.2. The SMILES string of the molecule is COc1ccc(NC(=O)[C@@H]2CC3c4ccccc4C2c2ccccc23)cc1. The first-order valence-electron chi connectivity index (χ1n) is 9.39. The smallest absolute Gasteiger partial charge is 0.228 e. The van der Waals surface area contributed by atoms with Crippen LogP contribution in [0.1, 0.15) is 40.5 Å². The Bertz CT molecular complexity index is 961. The molecule has 2 bridgehead atoms. The van der Waals surface area contributed by atoms with Gasteiger partial charge in [-0.05, 0) is 52.9 Å². The molecule has 0 saturated heterocycles. The summed E-state index contributed by atoms with van der Waals surface area (Å²) in [4.78, 5) is 13.2. The van der Waals surface area contributed by atoms with Gasteiger partial charge in [0.15, 0.2) is 0 Å². The third kappa shape index (κ3) is 2.54. The topological polar surface area (TPSA) is 38.3 Å². The normalized spacial score (nSPS) is 21.9. The van der Waals surface area contributed by atoms with Gasteiger partial charge < -0.3 is 10.1 Å². The number of carbonyl (C=O) groups is 1. The van der Waals surface area contributed by atoms with Crippen LogP contribution in [0.4, 0.5) is 5.69 Å². The fourth-order valence-electron chi connectivity index (χ4n) is 4.80. The van der Waals surface area contributed by atoms with Crippen LogP contribution in [0.2, 0.25) is 0 Å². The van der Waals surface area contributed by atoms with Crippen LogP contribution in [0.3, 0.4) is 0 Å². The van der Waals surface area contributed by atoms with Crippen LogP contribution < -0.4 is 10.1 Å². The van der Waals surface area contributed by atoms with Gasteiger partial charge in [0.1, 0.15) is 5.75 Å². The summed E-state index contributed by atoms with van der Waals surface area (Å²) in [5.74, 6) is 1.25. The summed E-state index contributed by atoms with van der Waals surface area (Å²) >= 11 is 0. The first-order valence-corrected chi connectivity index (χ1v) is 9.39. The van der Waals surface area contributed by atoms with E-state index in [2.05, 4.69) is 53.8 Å². The van der Waals surface area contributed by atoms with E-state index in [4.69, 9.17) is 4.74 Å². The number of hydrogen-bond donors (Lipinski definition) is 1. The van der Waals surface area contributed by atoms with Crippen molar-refractivity contribution in [1.29, 1.82) is 0 Å². The predicted octanol–water partition coefficient (Wildman–Crippen LogP) is 4.93. The summed E-state index contributed by atoms with van der Waals surface area (Å²) in [6, 6.07) is 24.7. The van der Waals surface area contributed by atoms with Gasteiger partial charge >= 0.3 is 0 Å². The summed E-state index contributed by atoms with van der Waals surface area (Å²) in [5.41, 5.74) is 6.19. The summed E-state index contributed by atoms with van der Waals surface area (Å²) in [6.07, 6.45) is 0.862. The molecular weight excluding hydrogens is 334 g/mol. The summed E-state index contributed by atoms with van der Waals surface area (Å²) in [7, 11) is 1.64. The molecule has 3 heteroatoms. The van der Waals surface area contributed by atoms with Crippen LogP contribution in [0.5, 0.6) is 5.75 Å². The fraction of sp³-hybridized carbons (Fsp3) is 0.208. The second kappa shape index (κ2) is 6.27. The molecule has 1 atom stereocenters. The molecule has 3 nitrogen and oxygen atoms in total. The number of benzene rings is 3. The average Bonchev–Trinajstić information content (AvgIpc) is 2.74. The van der Waals surface area contributed by atoms with Gasteiger partial charge in [-0.15, -0.1) is 0 Å². The van der Waals surface area contributed by atoms with Gasteiger partial charge in [0.25, 0.3) is 0 Å². The Balaban J connectivity index is 1.50. The molecule has 3 aromatic carbocycles. The first-order chi connectivity index (χ1) is 13.3. The molecule has 0 fully saturated rings. The van der Waals surface area contributed by atoms with Crippen molar-refractivity contribution in [1.82, 2.24) is 0 Å². The lowest BCUT2D eigenvalue weighted by atomic mass is 9.59. The number of fused-ring (bicyclic) bond motifs is 1. The standard InChI is InChI=1S/C24H21NO2/c1-27-16-12-10-15(11-13-16)25-24(26)22-14-21-17-6-2-4-8-19(17)23(22)20-9-5-3-7-18(20)21/h2-13,21-23H,14H2,1H3,(H,25,26)/t21?,22-,23?/m1/s1. The molecule has 0 saturated carbocycles. The molecule has 27 heavy (non-hydrogen) atoms. The van der Waals surface area contributed by atoms with Crippen LogP contribution in [0.25, 0.3) is 0 Å². The number of nitrogens with one attached hydrogen (secondary N) is 1. The van der Waals surface area contributed by atoms with Gasteiger partial charge in [-0.25, -0.2) is 0 Å². The number of amides is 1.